The molecule has 0 saturated heterocycles. The molecule has 1 fully saturated rings. The zero-order valence-electron chi connectivity index (χ0n) is 7.90. The molecule has 0 bridgehead atoms. The second-order valence-corrected chi connectivity index (χ2v) is 3.53. The highest BCUT2D eigenvalue weighted by molar-refractivity contribution is 5.36. The Labute approximate surface area is 79.5 Å². The van der Waals surface area contributed by atoms with Gasteiger partial charge in [-0.3, -0.25) is 0 Å². The molecule has 0 radical (unpaired) electrons. The monoisotopic (exact) mass is 173 g/mol. The summed E-state index contributed by atoms with van der Waals surface area (Å²) in [5.74, 6) is 0.734. The third-order valence-electron chi connectivity index (χ3n) is 2.61. The quantitative estimate of drug-likeness (QED) is 0.675. The smallest absolute Gasteiger partial charge is 0.0140 e. The van der Waals surface area contributed by atoms with Crippen molar-refractivity contribution in [1.82, 2.24) is 5.32 Å². The van der Waals surface area contributed by atoms with Gasteiger partial charge in [0.1, 0.15) is 0 Å². The lowest BCUT2D eigenvalue weighted by Gasteiger charge is -2.00. The van der Waals surface area contributed by atoms with Crippen LogP contribution in [0.3, 0.4) is 0 Å². The normalized spacial score (nSPS) is 35.9. The molecule has 2 atom stereocenters. The van der Waals surface area contributed by atoms with Crippen molar-refractivity contribution < 1.29 is 0 Å². The minimum absolute atomic E-state index is 0.702. The van der Waals surface area contributed by atoms with Crippen molar-refractivity contribution in [2.45, 2.75) is 12.5 Å². The molecule has 1 heteroatoms. The van der Waals surface area contributed by atoms with Crippen molar-refractivity contribution in [1.29, 1.82) is 0 Å². The van der Waals surface area contributed by atoms with E-state index in [1.54, 1.807) is 0 Å². The summed E-state index contributed by atoms with van der Waals surface area (Å²) in [6.07, 6.45) is 16.1. The summed E-state index contributed by atoms with van der Waals surface area (Å²) in [6.45, 7) is 0. The van der Waals surface area contributed by atoms with E-state index in [0.29, 0.717) is 6.04 Å². The molecule has 0 aromatic heterocycles. The fourth-order valence-electron chi connectivity index (χ4n) is 1.71. The third-order valence-corrected chi connectivity index (χ3v) is 2.61. The molecule has 2 aliphatic carbocycles. The Kier molecular flexibility index (Phi) is 2.46. The van der Waals surface area contributed by atoms with E-state index in [-0.39, 0.29) is 0 Å². The lowest BCUT2D eigenvalue weighted by atomic mass is 10.1. The number of hydrogen-bond donors (Lipinski definition) is 1. The van der Waals surface area contributed by atoms with Gasteiger partial charge in [-0.05, 0) is 19.0 Å². The molecule has 0 amide bonds. The first-order valence-electron chi connectivity index (χ1n) is 4.80. The van der Waals surface area contributed by atoms with Gasteiger partial charge in [-0.2, -0.15) is 0 Å². The summed E-state index contributed by atoms with van der Waals surface area (Å²) in [6, 6.07) is 0.702. The van der Waals surface area contributed by atoms with Crippen molar-refractivity contribution >= 4 is 0 Å². The van der Waals surface area contributed by atoms with E-state index in [4.69, 9.17) is 0 Å². The first-order valence-corrected chi connectivity index (χ1v) is 4.80. The molecule has 68 valence electrons. The standard InChI is InChI=1S/C12H15N/c1-13-12-9-11(12)10-7-5-3-2-4-6-8-10/h2-8,11-13H,9H2,1H3/b3-2-,4-2?,5-3?,6-4-,7-5?,8-6?,10-7?,10-8?/t11-,12+/m0/s1. The van der Waals surface area contributed by atoms with Crippen molar-refractivity contribution in [2.24, 2.45) is 5.92 Å². The average molecular weight is 173 g/mol. The number of rotatable bonds is 2. The van der Waals surface area contributed by atoms with Crippen molar-refractivity contribution in [3.05, 3.63) is 48.1 Å². The number of nitrogens with one attached hydrogen (secondary N) is 1. The topological polar surface area (TPSA) is 12.0 Å². The SMILES string of the molecule is CN[C@@H]1C[C@H]1C1=C/C=C\C=C/C=C1. The Morgan fingerprint density at radius 3 is 2.69 bits per heavy atom. The third kappa shape index (κ3) is 1.99. The molecule has 0 aromatic carbocycles. The van der Waals surface area contributed by atoms with E-state index >= 15 is 0 Å². The van der Waals surface area contributed by atoms with Crippen LogP contribution in [0.25, 0.3) is 0 Å². The van der Waals surface area contributed by atoms with Crippen molar-refractivity contribution in [2.75, 3.05) is 7.05 Å². The number of allylic oxidation sites excluding steroid dienone is 7. The molecule has 2 rings (SSSR count). The van der Waals surface area contributed by atoms with E-state index in [0.717, 1.165) is 5.92 Å². The summed E-state index contributed by atoms with van der Waals surface area (Å²) in [7, 11) is 2.04. The first kappa shape index (κ1) is 8.52. The van der Waals surface area contributed by atoms with Crippen LogP contribution in [0.1, 0.15) is 6.42 Å². The molecule has 0 unspecified atom stereocenters. The van der Waals surface area contributed by atoms with Gasteiger partial charge in [0.25, 0.3) is 0 Å². The van der Waals surface area contributed by atoms with Gasteiger partial charge in [0.15, 0.2) is 0 Å². The van der Waals surface area contributed by atoms with Gasteiger partial charge < -0.3 is 5.32 Å². The van der Waals surface area contributed by atoms with Gasteiger partial charge in [0, 0.05) is 12.0 Å². The molecule has 1 saturated carbocycles. The highest BCUT2D eigenvalue weighted by Crippen LogP contribution is 2.37. The van der Waals surface area contributed by atoms with Gasteiger partial charge >= 0.3 is 0 Å². The van der Waals surface area contributed by atoms with Crippen LogP contribution >= 0.6 is 0 Å². The van der Waals surface area contributed by atoms with E-state index in [1.807, 2.05) is 13.1 Å². The molecule has 1 N–H and O–H groups in total. The minimum atomic E-state index is 0.702. The van der Waals surface area contributed by atoms with Gasteiger partial charge in [-0.15, -0.1) is 0 Å². The maximum atomic E-state index is 3.31. The lowest BCUT2D eigenvalue weighted by molar-refractivity contribution is 0.765. The summed E-state index contributed by atoms with van der Waals surface area (Å²) >= 11 is 0. The fraction of sp³-hybridized carbons (Fsp3) is 0.333. The van der Waals surface area contributed by atoms with Gasteiger partial charge in [0.2, 0.25) is 0 Å². The van der Waals surface area contributed by atoms with Crippen molar-refractivity contribution in [3.63, 3.8) is 0 Å². The summed E-state index contributed by atoms with van der Waals surface area (Å²) in [4.78, 5) is 0. The largest absolute Gasteiger partial charge is 0.316 e. The van der Waals surface area contributed by atoms with Crippen LogP contribution in [0.4, 0.5) is 0 Å². The van der Waals surface area contributed by atoms with Gasteiger partial charge in [-0.25, -0.2) is 0 Å². The second kappa shape index (κ2) is 3.75. The van der Waals surface area contributed by atoms with Crippen LogP contribution < -0.4 is 5.32 Å². The Balaban J connectivity index is 2.06. The van der Waals surface area contributed by atoms with Gasteiger partial charge in [0.05, 0.1) is 0 Å². The second-order valence-electron chi connectivity index (χ2n) is 3.53. The van der Waals surface area contributed by atoms with Gasteiger partial charge in [-0.1, -0.05) is 42.5 Å². The fourth-order valence-corrected chi connectivity index (χ4v) is 1.71. The molecular weight excluding hydrogens is 158 g/mol. The highest BCUT2D eigenvalue weighted by atomic mass is 14.9. The summed E-state index contributed by atoms with van der Waals surface area (Å²) in [5, 5.41) is 3.31. The average Bonchev–Trinajstić information content (AvgIpc) is 2.82. The van der Waals surface area contributed by atoms with E-state index in [2.05, 4.69) is 41.8 Å². The van der Waals surface area contributed by atoms with Crippen LogP contribution in [-0.2, 0) is 0 Å². The molecule has 0 aromatic rings. The molecule has 1 nitrogen and oxygen atoms in total. The molecular formula is C12H15N. The molecule has 0 heterocycles. The Hall–Kier alpha value is -1.08. The Morgan fingerprint density at radius 1 is 1.15 bits per heavy atom. The predicted molar refractivity (Wildman–Crippen MR) is 56.5 cm³/mol. The van der Waals surface area contributed by atoms with E-state index in [9.17, 15) is 0 Å². The van der Waals surface area contributed by atoms with Crippen LogP contribution in [0.15, 0.2) is 48.1 Å². The summed E-state index contributed by atoms with van der Waals surface area (Å²) < 4.78 is 0. The van der Waals surface area contributed by atoms with Crippen LogP contribution in [0, 0.1) is 5.92 Å². The molecule has 2 aliphatic rings. The van der Waals surface area contributed by atoms with Crippen LogP contribution in [-0.4, -0.2) is 13.1 Å². The predicted octanol–water partition coefficient (Wildman–Crippen LogP) is 2.20. The van der Waals surface area contributed by atoms with E-state index < -0.39 is 0 Å². The maximum Gasteiger partial charge on any atom is 0.0140 e. The zero-order valence-corrected chi connectivity index (χ0v) is 7.90. The number of hydrogen-bond acceptors (Lipinski definition) is 1. The molecule has 0 aliphatic heterocycles. The van der Waals surface area contributed by atoms with Crippen molar-refractivity contribution in [3.8, 4) is 0 Å². The Bertz CT molecular complexity index is 294. The first-order chi connectivity index (χ1) is 6.42. The zero-order chi connectivity index (χ0) is 9.10. The van der Waals surface area contributed by atoms with E-state index in [1.165, 1.54) is 12.0 Å². The summed E-state index contributed by atoms with van der Waals surface area (Å²) in [5.41, 5.74) is 1.44. The van der Waals surface area contributed by atoms with Crippen LogP contribution in [0.5, 0.6) is 0 Å². The maximum absolute atomic E-state index is 3.31. The molecule has 0 spiro atoms. The van der Waals surface area contributed by atoms with Crippen LogP contribution in [0.2, 0.25) is 0 Å². The molecule has 13 heavy (non-hydrogen) atoms. The Morgan fingerprint density at radius 2 is 1.92 bits per heavy atom. The highest BCUT2D eigenvalue weighted by Gasteiger charge is 2.37. The minimum Gasteiger partial charge on any atom is -0.316 e. The lowest BCUT2D eigenvalue weighted by Crippen LogP contribution is -2.11.